The van der Waals surface area contributed by atoms with E-state index in [4.69, 9.17) is 10.00 Å². The molecule has 2 rings (SSSR count). The fourth-order valence-electron chi connectivity index (χ4n) is 1.92. The van der Waals surface area contributed by atoms with Crippen LogP contribution in [0.1, 0.15) is 33.1 Å². The molecule has 2 unspecified atom stereocenters. The van der Waals surface area contributed by atoms with Crippen LogP contribution in [0.25, 0.3) is 0 Å². The minimum atomic E-state index is -0.0503. The van der Waals surface area contributed by atoms with Crippen molar-refractivity contribution in [2.24, 2.45) is 5.41 Å². The van der Waals surface area contributed by atoms with Crippen molar-refractivity contribution in [2.75, 3.05) is 13.2 Å². The lowest BCUT2D eigenvalue weighted by Gasteiger charge is -2.30. The van der Waals surface area contributed by atoms with Crippen molar-refractivity contribution < 1.29 is 4.74 Å². The van der Waals surface area contributed by atoms with Gasteiger partial charge in [0, 0.05) is 18.7 Å². The molecule has 0 aromatic carbocycles. The second kappa shape index (κ2) is 3.22. The molecule has 2 fully saturated rings. The highest BCUT2D eigenvalue weighted by atomic mass is 16.5. The van der Waals surface area contributed by atoms with E-state index in [-0.39, 0.29) is 17.1 Å². The summed E-state index contributed by atoms with van der Waals surface area (Å²) in [7, 11) is 0. The molecule has 0 bridgehead atoms. The van der Waals surface area contributed by atoms with E-state index in [2.05, 4.69) is 25.2 Å². The van der Waals surface area contributed by atoms with Crippen molar-refractivity contribution in [3.8, 4) is 6.07 Å². The van der Waals surface area contributed by atoms with Crippen molar-refractivity contribution in [1.29, 1.82) is 5.26 Å². The monoisotopic (exact) mass is 194 g/mol. The Kier molecular flexibility index (Phi) is 2.29. The number of hydrogen-bond donors (Lipinski definition) is 1. The third-order valence-corrected chi connectivity index (χ3v) is 3.81. The van der Waals surface area contributed by atoms with E-state index in [1.165, 1.54) is 0 Å². The summed E-state index contributed by atoms with van der Waals surface area (Å²) in [4.78, 5) is 0. The Balaban J connectivity index is 1.88. The van der Waals surface area contributed by atoms with Gasteiger partial charge in [-0.15, -0.1) is 0 Å². The first-order valence-electron chi connectivity index (χ1n) is 5.38. The smallest absolute Gasteiger partial charge is 0.0726 e. The van der Waals surface area contributed by atoms with E-state index in [1.807, 2.05) is 0 Å². The van der Waals surface area contributed by atoms with Crippen molar-refractivity contribution >= 4 is 0 Å². The molecule has 0 aromatic rings. The van der Waals surface area contributed by atoms with Crippen LogP contribution < -0.4 is 5.32 Å². The Bertz CT molecular complexity index is 267. The molecular weight excluding hydrogens is 176 g/mol. The van der Waals surface area contributed by atoms with Gasteiger partial charge >= 0.3 is 0 Å². The summed E-state index contributed by atoms with van der Waals surface area (Å²) in [6.45, 7) is 5.96. The van der Waals surface area contributed by atoms with E-state index in [0.717, 1.165) is 32.4 Å². The highest BCUT2D eigenvalue weighted by Gasteiger charge is 2.46. The van der Waals surface area contributed by atoms with Gasteiger partial charge in [0.25, 0.3) is 0 Å². The summed E-state index contributed by atoms with van der Waals surface area (Å²) < 4.78 is 5.54. The van der Waals surface area contributed by atoms with Gasteiger partial charge < -0.3 is 10.1 Å². The molecule has 2 aliphatic rings. The van der Waals surface area contributed by atoms with Crippen molar-refractivity contribution in [1.82, 2.24) is 5.32 Å². The Morgan fingerprint density at radius 2 is 2.21 bits per heavy atom. The largest absolute Gasteiger partial charge is 0.377 e. The van der Waals surface area contributed by atoms with Crippen LogP contribution in [-0.4, -0.2) is 24.8 Å². The van der Waals surface area contributed by atoms with Crippen molar-refractivity contribution in [3.05, 3.63) is 0 Å². The Morgan fingerprint density at radius 3 is 2.64 bits per heavy atom. The summed E-state index contributed by atoms with van der Waals surface area (Å²) in [5.74, 6) is 0. The first kappa shape index (κ1) is 9.95. The Labute approximate surface area is 85.4 Å². The topological polar surface area (TPSA) is 45.0 Å². The number of nitrogens with zero attached hydrogens (tertiary/aromatic N) is 1. The maximum absolute atomic E-state index is 8.96. The van der Waals surface area contributed by atoms with Crippen LogP contribution in [0.2, 0.25) is 0 Å². The van der Waals surface area contributed by atoms with Crippen LogP contribution in [0.3, 0.4) is 0 Å². The zero-order valence-electron chi connectivity index (χ0n) is 8.97. The van der Waals surface area contributed by atoms with Crippen LogP contribution in [0.15, 0.2) is 0 Å². The number of hydrogen-bond acceptors (Lipinski definition) is 3. The SMILES string of the molecule is CC1OCCC1(C)NCC1(C#N)CC1. The predicted octanol–water partition coefficient (Wildman–Crippen LogP) is 1.45. The fourth-order valence-corrected chi connectivity index (χ4v) is 1.92. The van der Waals surface area contributed by atoms with Crippen molar-refractivity contribution in [2.45, 2.75) is 44.8 Å². The van der Waals surface area contributed by atoms with Crippen LogP contribution in [0.5, 0.6) is 0 Å². The van der Waals surface area contributed by atoms with Crippen LogP contribution in [-0.2, 0) is 4.74 Å². The average molecular weight is 194 g/mol. The van der Waals surface area contributed by atoms with E-state index >= 15 is 0 Å². The molecule has 0 spiro atoms. The predicted molar refractivity (Wildman–Crippen MR) is 53.7 cm³/mol. The standard InChI is InChI=1S/C11H18N2O/c1-9-10(2,5-6-14-9)13-8-11(7-12)3-4-11/h9,13H,3-6,8H2,1-2H3. The molecule has 1 saturated heterocycles. The van der Waals surface area contributed by atoms with Gasteiger partial charge in [0.15, 0.2) is 0 Å². The molecule has 0 radical (unpaired) electrons. The highest BCUT2D eigenvalue weighted by Crippen LogP contribution is 2.44. The van der Waals surface area contributed by atoms with E-state index in [1.54, 1.807) is 0 Å². The van der Waals surface area contributed by atoms with E-state index < -0.39 is 0 Å². The lowest BCUT2D eigenvalue weighted by molar-refractivity contribution is 0.0875. The van der Waals surface area contributed by atoms with Gasteiger partial charge in [0.2, 0.25) is 0 Å². The third-order valence-electron chi connectivity index (χ3n) is 3.81. The molecule has 2 atom stereocenters. The number of nitrogens with one attached hydrogen (secondary N) is 1. The molecule has 1 aliphatic carbocycles. The summed E-state index contributed by atoms with van der Waals surface area (Å²) in [5.41, 5.74) is 0.0256. The average Bonchev–Trinajstić information content (AvgIpc) is 2.89. The maximum atomic E-state index is 8.96. The number of rotatable bonds is 3. The first-order chi connectivity index (χ1) is 6.60. The fraction of sp³-hybridized carbons (Fsp3) is 0.909. The molecule has 78 valence electrons. The second-order valence-corrected chi connectivity index (χ2v) is 4.93. The minimum Gasteiger partial charge on any atom is -0.377 e. The maximum Gasteiger partial charge on any atom is 0.0726 e. The van der Waals surface area contributed by atoms with E-state index in [0.29, 0.717) is 0 Å². The van der Waals surface area contributed by atoms with Gasteiger partial charge in [-0.2, -0.15) is 5.26 Å². The molecule has 0 aromatic heterocycles. The van der Waals surface area contributed by atoms with Gasteiger partial charge in [-0.1, -0.05) is 0 Å². The summed E-state index contributed by atoms with van der Waals surface area (Å²) >= 11 is 0. The molecule has 1 aliphatic heterocycles. The van der Waals surface area contributed by atoms with Gasteiger partial charge in [0.05, 0.1) is 17.6 Å². The minimum absolute atomic E-state index is 0.0503. The molecule has 14 heavy (non-hydrogen) atoms. The molecule has 0 amide bonds. The zero-order chi connectivity index (χ0) is 10.2. The summed E-state index contributed by atoms with van der Waals surface area (Å²) in [6.07, 6.45) is 3.43. The second-order valence-electron chi connectivity index (χ2n) is 4.93. The van der Waals surface area contributed by atoms with Gasteiger partial charge in [-0.3, -0.25) is 0 Å². The van der Waals surface area contributed by atoms with Crippen molar-refractivity contribution in [3.63, 3.8) is 0 Å². The Morgan fingerprint density at radius 1 is 1.50 bits per heavy atom. The van der Waals surface area contributed by atoms with Gasteiger partial charge in [-0.05, 0) is 33.1 Å². The molecule has 3 heteroatoms. The lowest BCUT2D eigenvalue weighted by Crippen LogP contribution is -2.49. The van der Waals surface area contributed by atoms with Gasteiger partial charge in [0.1, 0.15) is 0 Å². The molecular formula is C11H18N2O. The first-order valence-corrected chi connectivity index (χ1v) is 5.38. The van der Waals surface area contributed by atoms with Crippen LogP contribution in [0, 0.1) is 16.7 Å². The summed E-state index contributed by atoms with van der Waals surface area (Å²) in [5, 5.41) is 12.5. The number of ether oxygens (including phenoxy) is 1. The quantitative estimate of drug-likeness (QED) is 0.739. The lowest BCUT2D eigenvalue weighted by atomic mass is 9.93. The van der Waals surface area contributed by atoms with Crippen LogP contribution in [0.4, 0.5) is 0 Å². The zero-order valence-corrected chi connectivity index (χ0v) is 8.97. The molecule has 1 N–H and O–H groups in total. The third kappa shape index (κ3) is 1.65. The Hall–Kier alpha value is -0.590. The molecule has 1 heterocycles. The van der Waals surface area contributed by atoms with Gasteiger partial charge in [-0.25, -0.2) is 0 Å². The molecule has 1 saturated carbocycles. The summed E-state index contributed by atoms with van der Waals surface area (Å²) in [6, 6.07) is 2.41. The van der Waals surface area contributed by atoms with E-state index in [9.17, 15) is 0 Å². The highest BCUT2D eigenvalue weighted by molar-refractivity contribution is 5.12. The molecule has 3 nitrogen and oxygen atoms in total. The normalized spacial score (nSPS) is 39.4. The van der Waals surface area contributed by atoms with Crippen LogP contribution >= 0.6 is 0 Å². The number of nitriles is 1.